The van der Waals surface area contributed by atoms with Crippen molar-refractivity contribution in [2.75, 3.05) is 7.11 Å². The lowest BCUT2D eigenvalue weighted by atomic mass is 10.2. The van der Waals surface area contributed by atoms with E-state index in [0.29, 0.717) is 11.4 Å². The van der Waals surface area contributed by atoms with Crippen LogP contribution < -0.4 is 10.1 Å². The Labute approximate surface area is 148 Å². The summed E-state index contributed by atoms with van der Waals surface area (Å²) in [6.45, 7) is 2.00. The zero-order chi connectivity index (χ0) is 18.4. The Morgan fingerprint density at radius 2 is 1.88 bits per heavy atom. The lowest BCUT2D eigenvalue weighted by Gasteiger charge is -2.13. The minimum absolute atomic E-state index is 0.238. The normalized spacial score (nSPS) is 12.5. The fourth-order valence-corrected chi connectivity index (χ4v) is 3.03. The number of carbonyl (C=O) groups excluding carboxylic acids is 1. The highest BCUT2D eigenvalue weighted by Gasteiger charge is 2.30. The molecule has 0 radical (unpaired) electrons. The van der Waals surface area contributed by atoms with Crippen molar-refractivity contribution in [3.63, 3.8) is 0 Å². The topological polar surface area (TPSA) is 38.3 Å². The second-order valence-electron chi connectivity index (χ2n) is 5.35. The summed E-state index contributed by atoms with van der Waals surface area (Å²) in [6.07, 6.45) is -4.39. The van der Waals surface area contributed by atoms with Gasteiger partial charge in [-0.05, 0) is 42.8 Å². The van der Waals surface area contributed by atoms with Gasteiger partial charge >= 0.3 is 6.18 Å². The van der Waals surface area contributed by atoms with Crippen LogP contribution in [0.4, 0.5) is 13.2 Å². The first-order valence-corrected chi connectivity index (χ1v) is 8.42. The number of hydrogen-bond acceptors (Lipinski definition) is 3. The van der Waals surface area contributed by atoms with Crippen molar-refractivity contribution in [2.24, 2.45) is 0 Å². The van der Waals surface area contributed by atoms with E-state index in [1.807, 2.05) is 12.1 Å². The van der Waals surface area contributed by atoms with Gasteiger partial charge in [0.1, 0.15) is 5.75 Å². The van der Waals surface area contributed by atoms with Gasteiger partial charge in [0.15, 0.2) is 0 Å². The van der Waals surface area contributed by atoms with Gasteiger partial charge in [-0.25, -0.2) is 0 Å². The predicted molar refractivity (Wildman–Crippen MR) is 91.6 cm³/mol. The molecule has 2 rings (SSSR count). The fourth-order valence-electron chi connectivity index (χ4n) is 2.08. The van der Waals surface area contributed by atoms with Gasteiger partial charge in [-0.3, -0.25) is 4.79 Å². The van der Waals surface area contributed by atoms with Gasteiger partial charge in [-0.2, -0.15) is 13.2 Å². The Morgan fingerprint density at radius 3 is 2.48 bits per heavy atom. The van der Waals surface area contributed by atoms with Gasteiger partial charge in [0.2, 0.25) is 5.91 Å². The third-order valence-corrected chi connectivity index (χ3v) is 4.56. The number of amides is 1. The van der Waals surface area contributed by atoms with E-state index in [0.717, 1.165) is 35.2 Å². The molecule has 0 aromatic heterocycles. The maximum Gasteiger partial charge on any atom is 0.416 e. The van der Waals surface area contributed by atoms with Gasteiger partial charge in [0, 0.05) is 11.4 Å². The third kappa shape index (κ3) is 5.70. The molecule has 2 aromatic rings. The number of carbonyl (C=O) groups is 1. The van der Waals surface area contributed by atoms with Crippen molar-refractivity contribution < 1.29 is 22.7 Å². The summed E-state index contributed by atoms with van der Waals surface area (Å²) in [5.74, 6) is 0.488. The molecule has 1 N–H and O–H groups in total. The zero-order valence-corrected chi connectivity index (χ0v) is 14.6. The summed E-state index contributed by atoms with van der Waals surface area (Å²) in [7, 11) is 1.57. The van der Waals surface area contributed by atoms with Crippen molar-refractivity contribution in [1.82, 2.24) is 5.32 Å². The Bertz CT molecular complexity index is 717. The first kappa shape index (κ1) is 19.2. The van der Waals surface area contributed by atoms with E-state index >= 15 is 0 Å². The SMILES string of the molecule is COc1ccc(CNC(=O)[C@@H](C)Sc2cccc(C(F)(F)F)c2)cc1. The van der Waals surface area contributed by atoms with E-state index in [1.54, 1.807) is 32.2 Å². The molecule has 1 amide bonds. The van der Waals surface area contributed by atoms with E-state index in [-0.39, 0.29) is 5.91 Å². The molecule has 0 aliphatic rings. The minimum atomic E-state index is -4.39. The summed E-state index contributed by atoms with van der Waals surface area (Å²) >= 11 is 1.09. The van der Waals surface area contributed by atoms with Gasteiger partial charge in [0.25, 0.3) is 0 Å². The van der Waals surface area contributed by atoms with Gasteiger partial charge in [-0.1, -0.05) is 18.2 Å². The number of methoxy groups -OCH3 is 1. The monoisotopic (exact) mass is 369 g/mol. The average Bonchev–Trinajstić information content (AvgIpc) is 2.59. The van der Waals surface area contributed by atoms with Crippen molar-refractivity contribution in [3.05, 3.63) is 59.7 Å². The van der Waals surface area contributed by atoms with Crippen molar-refractivity contribution >= 4 is 17.7 Å². The van der Waals surface area contributed by atoms with Crippen LogP contribution in [0.15, 0.2) is 53.4 Å². The lowest BCUT2D eigenvalue weighted by molar-refractivity contribution is -0.137. The second-order valence-corrected chi connectivity index (χ2v) is 6.77. The summed E-state index contributed by atoms with van der Waals surface area (Å²) in [5.41, 5.74) is 0.189. The molecule has 0 saturated carbocycles. The van der Waals surface area contributed by atoms with Crippen LogP contribution in [-0.2, 0) is 17.5 Å². The van der Waals surface area contributed by atoms with Crippen LogP contribution in [0.25, 0.3) is 0 Å². The van der Waals surface area contributed by atoms with Crippen LogP contribution in [0, 0.1) is 0 Å². The molecule has 0 heterocycles. The molecule has 0 spiro atoms. The quantitative estimate of drug-likeness (QED) is 0.762. The second kappa shape index (κ2) is 8.29. The van der Waals surface area contributed by atoms with Crippen LogP contribution in [0.3, 0.4) is 0 Å². The molecule has 0 fully saturated rings. The molecule has 0 saturated heterocycles. The number of rotatable bonds is 6. The summed E-state index contributed by atoms with van der Waals surface area (Å²) in [6, 6.07) is 12.2. The Balaban J connectivity index is 1.91. The molecule has 7 heteroatoms. The molecule has 0 aliphatic carbocycles. The van der Waals surface area contributed by atoms with Crippen LogP contribution in [0.5, 0.6) is 5.75 Å². The zero-order valence-electron chi connectivity index (χ0n) is 13.8. The molecule has 2 aromatic carbocycles. The van der Waals surface area contributed by atoms with Crippen LogP contribution in [0.2, 0.25) is 0 Å². The number of hydrogen-bond donors (Lipinski definition) is 1. The van der Waals surface area contributed by atoms with Gasteiger partial charge < -0.3 is 10.1 Å². The molecular weight excluding hydrogens is 351 g/mol. The number of ether oxygens (including phenoxy) is 1. The Kier molecular flexibility index (Phi) is 6.36. The predicted octanol–water partition coefficient (Wildman–Crippen LogP) is 4.51. The van der Waals surface area contributed by atoms with Crippen LogP contribution >= 0.6 is 11.8 Å². The largest absolute Gasteiger partial charge is 0.497 e. The standard InChI is InChI=1S/C18H18F3NO2S/c1-12(25-16-5-3-4-14(10-16)18(19,20)21)17(23)22-11-13-6-8-15(24-2)9-7-13/h3-10,12H,11H2,1-2H3,(H,22,23)/t12-/m1/s1. The third-order valence-electron chi connectivity index (χ3n) is 3.47. The maximum atomic E-state index is 12.7. The number of thioether (sulfide) groups is 1. The van der Waals surface area contributed by atoms with Crippen LogP contribution in [-0.4, -0.2) is 18.3 Å². The van der Waals surface area contributed by atoms with Crippen molar-refractivity contribution in [3.8, 4) is 5.75 Å². The lowest BCUT2D eigenvalue weighted by Crippen LogP contribution is -2.30. The maximum absolute atomic E-state index is 12.7. The summed E-state index contributed by atoms with van der Waals surface area (Å²) < 4.78 is 43.2. The van der Waals surface area contributed by atoms with Crippen LogP contribution in [0.1, 0.15) is 18.1 Å². The fraction of sp³-hybridized carbons (Fsp3) is 0.278. The van der Waals surface area contributed by atoms with Gasteiger partial charge in [-0.15, -0.1) is 11.8 Å². The van der Waals surface area contributed by atoms with Gasteiger partial charge in [0.05, 0.1) is 17.9 Å². The van der Waals surface area contributed by atoms with E-state index in [9.17, 15) is 18.0 Å². The number of nitrogens with one attached hydrogen (secondary N) is 1. The highest BCUT2D eigenvalue weighted by molar-refractivity contribution is 8.00. The number of halogens is 3. The van der Waals surface area contributed by atoms with Crippen molar-refractivity contribution in [1.29, 1.82) is 0 Å². The summed E-state index contributed by atoms with van der Waals surface area (Å²) in [5, 5.41) is 2.27. The Morgan fingerprint density at radius 1 is 1.20 bits per heavy atom. The minimum Gasteiger partial charge on any atom is -0.497 e. The average molecular weight is 369 g/mol. The molecule has 0 bridgehead atoms. The smallest absolute Gasteiger partial charge is 0.416 e. The molecule has 1 atom stereocenters. The highest BCUT2D eigenvalue weighted by atomic mass is 32.2. The van der Waals surface area contributed by atoms with E-state index in [1.165, 1.54) is 6.07 Å². The number of alkyl halides is 3. The van der Waals surface area contributed by atoms with E-state index in [2.05, 4.69) is 5.32 Å². The van der Waals surface area contributed by atoms with Crippen molar-refractivity contribution in [2.45, 2.75) is 29.8 Å². The first-order chi connectivity index (χ1) is 11.8. The first-order valence-electron chi connectivity index (χ1n) is 7.54. The van der Waals surface area contributed by atoms with E-state index in [4.69, 9.17) is 4.74 Å². The molecule has 3 nitrogen and oxygen atoms in total. The molecule has 25 heavy (non-hydrogen) atoms. The molecule has 134 valence electrons. The van der Waals surface area contributed by atoms with E-state index < -0.39 is 17.0 Å². The molecular formula is C18H18F3NO2S. The molecule has 0 unspecified atom stereocenters. The highest BCUT2D eigenvalue weighted by Crippen LogP contribution is 2.33. The summed E-state index contributed by atoms with van der Waals surface area (Å²) in [4.78, 5) is 12.6. The number of benzene rings is 2. The molecule has 0 aliphatic heterocycles. The Hall–Kier alpha value is -2.15.